The van der Waals surface area contributed by atoms with Crippen LogP contribution in [0.3, 0.4) is 0 Å². The van der Waals surface area contributed by atoms with Gasteiger partial charge in [-0.3, -0.25) is 0 Å². The first-order valence-corrected chi connectivity index (χ1v) is 6.34. The molecule has 0 aliphatic rings. The number of aromatic nitrogens is 3. The number of thiazole rings is 1. The second kappa shape index (κ2) is 3.93. The van der Waals surface area contributed by atoms with Crippen molar-refractivity contribution in [1.29, 1.82) is 5.26 Å². The van der Waals surface area contributed by atoms with Gasteiger partial charge in [0.25, 0.3) is 0 Å². The van der Waals surface area contributed by atoms with Crippen LogP contribution in [0, 0.1) is 25.2 Å². The van der Waals surface area contributed by atoms with E-state index in [2.05, 4.69) is 21.0 Å². The van der Waals surface area contributed by atoms with Crippen LogP contribution >= 0.6 is 11.3 Å². The molecule has 4 nitrogen and oxygen atoms in total. The van der Waals surface area contributed by atoms with Gasteiger partial charge in [0.2, 0.25) is 0 Å². The number of rotatable bonds is 1. The van der Waals surface area contributed by atoms with Crippen LogP contribution in [0.25, 0.3) is 21.7 Å². The number of nitriles is 1. The number of hydrogen-bond acceptors (Lipinski definition) is 4. The second-order valence-corrected chi connectivity index (χ2v) is 5.25. The Labute approximate surface area is 108 Å². The van der Waals surface area contributed by atoms with Gasteiger partial charge >= 0.3 is 0 Å². The van der Waals surface area contributed by atoms with Crippen molar-refractivity contribution in [2.45, 2.75) is 13.8 Å². The minimum absolute atomic E-state index is 0.592. The first-order valence-electron chi connectivity index (χ1n) is 5.52. The van der Waals surface area contributed by atoms with E-state index in [1.807, 2.05) is 26.0 Å². The standard InChI is InChI=1S/C13H10N4S/c1-7-12(18-8(2)15-7)13-16-10-5-3-4-9(6-14)11(10)17-13/h3-5H,1-2H3,(H,16,17). The minimum atomic E-state index is 0.592. The van der Waals surface area contributed by atoms with Gasteiger partial charge in [-0.1, -0.05) is 6.07 Å². The first kappa shape index (κ1) is 10.9. The summed E-state index contributed by atoms with van der Waals surface area (Å²) in [5.41, 5.74) is 3.17. The van der Waals surface area contributed by atoms with Crippen molar-refractivity contribution in [1.82, 2.24) is 15.0 Å². The molecule has 88 valence electrons. The van der Waals surface area contributed by atoms with E-state index in [0.717, 1.165) is 32.4 Å². The van der Waals surface area contributed by atoms with Gasteiger partial charge < -0.3 is 4.98 Å². The van der Waals surface area contributed by atoms with E-state index in [1.54, 1.807) is 17.4 Å². The number of imidazole rings is 1. The van der Waals surface area contributed by atoms with Crippen molar-refractivity contribution >= 4 is 22.4 Å². The highest BCUT2D eigenvalue weighted by molar-refractivity contribution is 7.15. The van der Waals surface area contributed by atoms with Crippen molar-refractivity contribution in [3.63, 3.8) is 0 Å². The van der Waals surface area contributed by atoms with Crippen LogP contribution in [0.15, 0.2) is 18.2 Å². The molecular formula is C13H10N4S. The third-order valence-corrected chi connectivity index (χ3v) is 3.83. The molecule has 0 saturated heterocycles. The van der Waals surface area contributed by atoms with Crippen LogP contribution in [0.4, 0.5) is 0 Å². The van der Waals surface area contributed by atoms with Crippen LogP contribution in [0.2, 0.25) is 0 Å². The fourth-order valence-corrected chi connectivity index (χ4v) is 2.85. The molecule has 0 aliphatic carbocycles. The predicted octanol–water partition coefficient (Wildman–Crippen LogP) is 3.17. The molecule has 1 aromatic carbocycles. The topological polar surface area (TPSA) is 65.4 Å². The van der Waals surface area contributed by atoms with E-state index in [4.69, 9.17) is 5.26 Å². The fraction of sp³-hybridized carbons (Fsp3) is 0.154. The summed E-state index contributed by atoms with van der Waals surface area (Å²) in [6.07, 6.45) is 0. The Morgan fingerprint density at radius 2 is 2.11 bits per heavy atom. The SMILES string of the molecule is Cc1nc(C)c(-c2nc3c(C#N)cccc3[nH]2)s1. The van der Waals surface area contributed by atoms with Crippen molar-refractivity contribution in [2.24, 2.45) is 0 Å². The number of fused-ring (bicyclic) bond motifs is 1. The molecule has 2 heterocycles. The maximum atomic E-state index is 9.06. The number of aryl methyl sites for hydroxylation is 2. The summed E-state index contributed by atoms with van der Waals surface area (Å²) in [6.45, 7) is 3.95. The van der Waals surface area contributed by atoms with Crippen molar-refractivity contribution < 1.29 is 0 Å². The summed E-state index contributed by atoms with van der Waals surface area (Å²) in [6, 6.07) is 7.72. The molecule has 0 unspecified atom stereocenters. The van der Waals surface area contributed by atoms with Crippen LogP contribution in [0.5, 0.6) is 0 Å². The number of aromatic amines is 1. The normalized spacial score (nSPS) is 10.7. The Balaban J connectivity index is 2.26. The second-order valence-electron chi connectivity index (χ2n) is 4.05. The molecule has 2 aromatic heterocycles. The third kappa shape index (κ3) is 1.59. The molecule has 0 aliphatic heterocycles. The maximum Gasteiger partial charge on any atom is 0.150 e. The zero-order valence-electron chi connectivity index (χ0n) is 9.98. The lowest BCUT2D eigenvalue weighted by atomic mass is 10.2. The molecule has 5 heteroatoms. The number of para-hydroxylation sites is 1. The third-order valence-electron chi connectivity index (χ3n) is 2.75. The largest absolute Gasteiger partial charge is 0.337 e. The molecule has 0 atom stereocenters. The Morgan fingerprint density at radius 3 is 2.78 bits per heavy atom. The zero-order valence-corrected chi connectivity index (χ0v) is 10.8. The molecular weight excluding hydrogens is 244 g/mol. The van der Waals surface area contributed by atoms with Crippen LogP contribution in [-0.2, 0) is 0 Å². The van der Waals surface area contributed by atoms with Gasteiger partial charge in [0, 0.05) is 0 Å². The predicted molar refractivity (Wildman–Crippen MR) is 71.4 cm³/mol. The van der Waals surface area contributed by atoms with Gasteiger partial charge in [-0.2, -0.15) is 5.26 Å². The van der Waals surface area contributed by atoms with E-state index in [9.17, 15) is 0 Å². The highest BCUT2D eigenvalue weighted by atomic mass is 32.1. The molecule has 18 heavy (non-hydrogen) atoms. The average Bonchev–Trinajstić information content (AvgIpc) is 2.91. The van der Waals surface area contributed by atoms with E-state index < -0.39 is 0 Å². The van der Waals surface area contributed by atoms with Crippen LogP contribution in [0.1, 0.15) is 16.3 Å². The number of nitrogens with zero attached hydrogens (tertiary/aromatic N) is 3. The lowest BCUT2D eigenvalue weighted by Gasteiger charge is -1.90. The van der Waals surface area contributed by atoms with Crippen LogP contribution in [-0.4, -0.2) is 15.0 Å². The summed E-state index contributed by atoms with van der Waals surface area (Å²) >= 11 is 1.61. The van der Waals surface area contributed by atoms with Gasteiger partial charge in [0.1, 0.15) is 11.6 Å². The Hall–Kier alpha value is -2.19. The quantitative estimate of drug-likeness (QED) is 0.725. The number of hydrogen-bond donors (Lipinski definition) is 1. The average molecular weight is 254 g/mol. The molecule has 1 N–H and O–H groups in total. The lowest BCUT2D eigenvalue weighted by molar-refractivity contribution is 1.19. The van der Waals surface area contributed by atoms with Gasteiger partial charge in [-0.15, -0.1) is 11.3 Å². The van der Waals surface area contributed by atoms with Crippen molar-refractivity contribution in [3.8, 4) is 16.8 Å². The molecule has 0 spiro atoms. The first-order chi connectivity index (χ1) is 8.69. The molecule has 0 fully saturated rings. The monoisotopic (exact) mass is 254 g/mol. The summed E-state index contributed by atoms with van der Waals surface area (Å²) in [5.74, 6) is 0.788. The highest BCUT2D eigenvalue weighted by Gasteiger charge is 2.13. The molecule has 0 radical (unpaired) electrons. The van der Waals surface area contributed by atoms with Crippen molar-refractivity contribution in [2.75, 3.05) is 0 Å². The van der Waals surface area contributed by atoms with Gasteiger partial charge in [-0.05, 0) is 26.0 Å². The number of nitrogens with one attached hydrogen (secondary N) is 1. The Morgan fingerprint density at radius 1 is 1.28 bits per heavy atom. The Bertz CT molecular complexity index is 776. The van der Waals surface area contributed by atoms with Gasteiger partial charge in [0.05, 0.1) is 26.7 Å². The summed E-state index contributed by atoms with van der Waals surface area (Å²) < 4.78 is 0. The van der Waals surface area contributed by atoms with Gasteiger partial charge in [0.15, 0.2) is 5.82 Å². The molecule has 0 amide bonds. The van der Waals surface area contributed by atoms with E-state index in [1.165, 1.54) is 0 Å². The zero-order chi connectivity index (χ0) is 12.7. The molecule has 0 saturated carbocycles. The Kier molecular flexibility index (Phi) is 2.39. The van der Waals surface area contributed by atoms with E-state index in [-0.39, 0.29) is 0 Å². The summed E-state index contributed by atoms with van der Waals surface area (Å²) in [4.78, 5) is 13.2. The number of benzene rings is 1. The highest BCUT2D eigenvalue weighted by Crippen LogP contribution is 2.29. The summed E-state index contributed by atoms with van der Waals surface area (Å²) in [7, 11) is 0. The molecule has 0 bridgehead atoms. The summed E-state index contributed by atoms with van der Waals surface area (Å²) in [5, 5.41) is 10.1. The maximum absolute atomic E-state index is 9.06. The van der Waals surface area contributed by atoms with Crippen molar-refractivity contribution in [3.05, 3.63) is 34.5 Å². The van der Waals surface area contributed by atoms with Gasteiger partial charge in [-0.25, -0.2) is 9.97 Å². The van der Waals surface area contributed by atoms with Crippen LogP contribution < -0.4 is 0 Å². The molecule has 3 aromatic rings. The number of H-pyrrole nitrogens is 1. The lowest BCUT2D eigenvalue weighted by Crippen LogP contribution is -1.80. The minimum Gasteiger partial charge on any atom is -0.337 e. The smallest absolute Gasteiger partial charge is 0.150 e. The van der Waals surface area contributed by atoms with E-state index >= 15 is 0 Å². The van der Waals surface area contributed by atoms with E-state index in [0.29, 0.717) is 5.56 Å². The molecule has 3 rings (SSSR count). The fourth-order valence-electron chi connectivity index (χ4n) is 1.98.